The fourth-order valence-corrected chi connectivity index (χ4v) is 4.20. The van der Waals surface area contributed by atoms with Crippen molar-refractivity contribution in [3.63, 3.8) is 0 Å². The molecule has 1 aliphatic rings. The van der Waals surface area contributed by atoms with E-state index in [9.17, 15) is 27.6 Å². The van der Waals surface area contributed by atoms with Crippen LogP contribution in [0.15, 0.2) is 36.4 Å². The van der Waals surface area contributed by atoms with Gasteiger partial charge in [-0.2, -0.15) is 13.2 Å². The minimum atomic E-state index is -4.77. The van der Waals surface area contributed by atoms with Crippen LogP contribution >= 0.6 is 0 Å². The zero-order valence-electron chi connectivity index (χ0n) is 20.7. The first kappa shape index (κ1) is 27.8. The average Bonchev–Trinajstić information content (AvgIpc) is 2.86. The van der Waals surface area contributed by atoms with Crippen LogP contribution in [-0.4, -0.2) is 64.4 Å². The van der Waals surface area contributed by atoms with Crippen LogP contribution < -0.4 is 25.4 Å². The summed E-state index contributed by atoms with van der Waals surface area (Å²) < 4.78 is 55.8. The summed E-state index contributed by atoms with van der Waals surface area (Å²) >= 11 is 0. The summed E-state index contributed by atoms with van der Waals surface area (Å²) in [5.74, 6) is -1.97. The van der Waals surface area contributed by atoms with Crippen molar-refractivity contribution >= 4 is 17.8 Å². The van der Waals surface area contributed by atoms with Crippen molar-refractivity contribution in [3.8, 4) is 22.6 Å². The van der Waals surface area contributed by atoms with Crippen molar-refractivity contribution < 1.29 is 41.8 Å². The van der Waals surface area contributed by atoms with Crippen molar-refractivity contribution in [1.82, 2.24) is 16.0 Å². The standard InChI is InChI=1S/C25H28F3N3O6/c1-29-21-14-6-8-20(36-3)16(11-14)15-9-13(5-7-19(15)35-2)10-17(24(34)37-4)30-22(32)18(31-23(21)33)12-25(26,27)28/h5-9,11,17-18,21,29H,10,12H2,1-4H3,(H,30,32)(H,31,33)/t17-,18?,21-/m0/s1. The minimum Gasteiger partial charge on any atom is -0.496 e. The largest absolute Gasteiger partial charge is 0.496 e. The number of nitrogens with one attached hydrogen (secondary N) is 3. The number of benzene rings is 2. The molecular weight excluding hydrogens is 495 g/mol. The van der Waals surface area contributed by atoms with Crippen molar-refractivity contribution in [2.24, 2.45) is 0 Å². The van der Waals surface area contributed by atoms with E-state index in [-0.39, 0.29) is 6.42 Å². The van der Waals surface area contributed by atoms with Crippen LogP contribution in [0.25, 0.3) is 11.1 Å². The maximum atomic E-state index is 13.3. The Morgan fingerprint density at radius 1 is 0.973 bits per heavy atom. The number of carbonyl (C=O) groups excluding carboxylic acids is 3. The van der Waals surface area contributed by atoms with Gasteiger partial charge in [-0.25, -0.2) is 4.79 Å². The first-order valence-electron chi connectivity index (χ1n) is 11.3. The third-order valence-electron chi connectivity index (χ3n) is 5.97. The number of carbonyl (C=O) groups is 3. The number of alkyl halides is 3. The van der Waals surface area contributed by atoms with E-state index in [1.807, 2.05) is 0 Å². The van der Waals surface area contributed by atoms with Gasteiger partial charge in [0.2, 0.25) is 11.8 Å². The van der Waals surface area contributed by atoms with E-state index in [4.69, 9.17) is 14.2 Å². The molecule has 2 amide bonds. The number of likely N-dealkylation sites (N-methyl/N-ethyl adjacent to an activating group) is 1. The molecule has 0 saturated heterocycles. The van der Waals surface area contributed by atoms with Gasteiger partial charge in [-0.05, 0) is 42.4 Å². The highest BCUT2D eigenvalue weighted by Gasteiger charge is 2.39. The molecule has 1 heterocycles. The number of rotatable bonds is 5. The Morgan fingerprint density at radius 2 is 1.59 bits per heavy atom. The molecule has 4 bridgehead atoms. The lowest BCUT2D eigenvalue weighted by molar-refractivity contribution is -0.153. The summed E-state index contributed by atoms with van der Waals surface area (Å²) in [6.45, 7) is 0. The number of esters is 1. The summed E-state index contributed by atoms with van der Waals surface area (Å²) in [5.41, 5.74) is 2.11. The summed E-state index contributed by atoms with van der Waals surface area (Å²) in [7, 11) is 5.52. The summed E-state index contributed by atoms with van der Waals surface area (Å²) in [4.78, 5) is 38.5. The van der Waals surface area contributed by atoms with Crippen molar-refractivity contribution in [3.05, 3.63) is 47.5 Å². The lowest BCUT2D eigenvalue weighted by atomic mass is 9.94. The van der Waals surface area contributed by atoms with Gasteiger partial charge in [0.1, 0.15) is 29.6 Å². The molecule has 1 unspecified atom stereocenters. The molecule has 9 nitrogen and oxygen atoms in total. The van der Waals surface area contributed by atoms with E-state index in [1.165, 1.54) is 21.3 Å². The number of ether oxygens (including phenoxy) is 3. The second kappa shape index (κ2) is 11.5. The third kappa shape index (κ3) is 6.50. The molecule has 0 spiro atoms. The van der Waals surface area contributed by atoms with Crippen LogP contribution in [0.3, 0.4) is 0 Å². The molecule has 0 radical (unpaired) electrons. The first-order chi connectivity index (χ1) is 17.5. The molecule has 0 fully saturated rings. The molecule has 3 rings (SSSR count). The van der Waals surface area contributed by atoms with Crippen molar-refractivity contribution in [1.29, 1.82) is 0 Å². The van der Waals surface area contributed by atoms with Gasteiger partial charge < -0.3 is 30.2 Å². The predicted octanol–water partition coefficient (Wildman–Crippen LogP) is 2.28. The number of hydrogen-bond donors (Lipinski definition) is 3. The zero-order valence-corrected chi connectivity index (χ0v) is 20.7. The first-order valence-corrected chi connectivity index (χ1v) is 11.3. The Hall–Kier alpha value is -3.80. The molecule has 2 aromatic rings. The molecule has 37 heavy (non-hydrogen) atoms. The minimum absolute atomic E-state index is 0.0940. The number of halogens is 3. The second-order valence-corrected chi connectivity index (χ2v) is 8.38. The van der Waals surface area contributed by atoms with Gasteiger partial charge in [0.25, 0.3) is 0 Å². The molecule has 0 aliphatic carbocycles. The molecule has 0 aromatic heterocycles. The summed E-state index contributed by atoms with van der Waals surface area (Å²) in [6.07, 6.45) is -6.49. The Labute approximate surface area is 211 Å². The predicted molar refractivity (Wildman–Crippen MR) is 127 cm³/mol. The molecule has 0 saturated carbocycles. The lowest BCUT2D eigenvalue weighted by Gasteiger charge is -2.26. The Bertz CT molecular complexity index is 1170. The molecule has 12 heteroatoms. The highest BCUT2D eigenvalue weighted by atomic mass is 19.4. The van der Waals surface area contributed by atoms with Gasteiger partial charge >= 0.3 is 12.1 Å². The van der Waals surface area contributed by atoms with E-state index >= 15 is 0 Å². The molecule has 3 N–H and O–H groups in total. The van der Waals surface area contributed by atoms with Gasteiger partial charge in [0.15, 0.2) is 0 Å². The van der Waals surface area contributed by atoms with Gasteiger partial charge in [0.05, 0.1) is 27.8 Å². The van der Waals surface area contributed by atoms with Crippen molar-refractivity contribution in [2.45, 2.75) is 37.1 Å². The van der Waals surface area contributed by atoms with Gasteiger partial charge in [-0.1, -0.05) is 12.1 Å². The van der Waals surface area contributed by atoms with Crippen molar-refractivity contribution in [2.75, 3.05) is 28.4 Å². The van der Waals surface area contributed by atoms with Crippen LogP contribution in [0, 0.1) is 0 Å². The number of methoxy groups -OCH3 is 3. The second-order valence-electron chi connectivity index (χ2n) is 8.38. The monoisotopic (exact) mass is 523 g/mol. The topological polar surface area (TPSA) is 115 Å². The van der Waals surface area contributed by atoms with Crippen LogP contribution in [0.1, 0.15) is 23.6 Å². The summed E-state index contributed by atoms with van der Waals surface area (Å²) in [5, 5.41) is 7.27. The number of hydrogen-bond acceptors (Lipinski definition) is 7. The van der Waals surface area contributed by atoms with Crippen LogP contribution in [0.4, 0.5) is 13.2 Å². The maximum absolute atomic E-state index is 13.3. The Morgan fingerprint density at radius 3 is 2.16 bits per heavy atom. The Balaban J connectivity index is 2.23. The third-order valence-corrected chi connectivity index (χ3v) is 5.97. The van der Waals surface area contributed by atoms with Gasteiger partial charge in [-0.3, -0.25) is 9.59 Å². The molecular formula is C25H28F3N3O6. The van der Waals surface area contributed by atoms with Crippen LogP contribution in [0.2, 0.25) is 0 Å². The highest BCUT2D eigenvalue weighted by Crippen LogP contribution is 2.39. The normalized spacial score (nSPS) is 20.2. The van der Waals surface area contributed by atoms with Gasteiger partial charge in [-0.15, -0.1) is 0 Å². The van der Waals surface area contributed by atoms with Crippen LogP contribution in [0.5, 0.6) is 11.5 Å². The fourth-order valence-electron chi connectivity index (χ4n) is 4.20. The van der Waals surface area contributed by atoms with E-state index in [2.05, 4.69) is 16.0 Å². The van der Waals surface area contributed by atoms with E-state index < -0.39 is 48.5 Å². The van der Waals surface area contributed by atoms with E-state index in [0.29, 0.717) is 33.8 Å². The maximum Gasteiger partial charge on any atom is 0.391 e. The smallest absolute Gasteiger partial charge is 0.391 e. The quantitative estimate of drug-likeness (QED) is 0.515. The molecule has 200 valence electrons. The fraction of sp³-hybridized carbons (Fsp3) is 0.400. The van der Waals surface area contributed by atoms with Crippen LogP contribution in [-0.2, 0) is 25.5 Å². The molecule has 1 aliphatic heterocycles. The molecule has 2 aromatic carbocycles. The lowest BCUT2D eigenvalue weighted by Crippen LogP contribution is -2.55. The van der Waals surface area contributed by atoms with Gasteiger partial charge in [0, 0.05) is 17.5 Å². The number of fused-ring (bicyclic) bond motifs is 5. The molecule has 3 atom stereocenters. The zero-order chi connectivity index (χ0) is 27.3. The van der Waals surface area contributed by atoms with E-state index in [1.54, 1.807) is 36.4 Å². The summed E-state index contributed by atoms with van der Waals surface area (Å²) in [6, 6.07) is 5.51. The van der Waals surface area contributed by atoms with E-state index in [0.717, 1.165) is 7.11 Å². The highest BCUT2D eigenvalue weighted by molar-refractivity contribution is 5.93. The SMILES string of the molecule is CN[C@@H]1C(=O)NC(CC(F)(F)F)C(=O)N[C@H](C(=O)OC)Cc2ccc(OC)c(c2)-c2cc1ccc2OC. The Kier molecular flexibility index (Phi) is 8.64. The average molecular weight is 524 g/mol. The number of amides is 2.